The first-order valence-electron chi connectivity index (χ1n) is 7.60. The number of rotatable bonds is 7. The minimum atomic E-state index is -1.55. The lowest BCUT2D eigenvalue weighted by Gasteiger charge is -2.27. The van der Waals surface area contributed by atoms with Crippen LogP contribution in [0.5, 0.6) is 0 Å². The minimum absolute atomic E-state index is 0.0639. The normalized spacial score (nSPS) is 17.2. The van der Waals surface area contributed by atoms with Crippen LogP contribution >= 0.6 is 24.0 Å². The fraction of sp³-hybridized carbons (Fsp3) is 0.294. The van der Waals surface area contributed by atoms with Gasteiger partial charge in [-0.25, -0.2) is 0 Å². The Bertz CT molecular complexity index is 742. The quantitative estimate of drug-likeness (QED) is 0.491. The van der Waals surface area contributed by atoms with E-state index < -0.39 is 30.3 Å². The monoisotopic (exact) mass is 377 g/mol. The summed E-state index contributed by atoms with van der Waals surface area (Å²) in [5.41, 5.74) is 1.95. The van der Waals surface area contributed by atoms with Crippen LogP contribution < -0.4 is 10.2 Å². The van der Waals surface area contributed by atoms with E-state index in [9.17, 15) is 24.6 Å². The number of hydrogen-bond donors (Lipinski definition) is 0. The van der Waals surface area contributed by atoms with Crippen LogP contribution in [0.1, 0.15) is 30.9 Å². The molecule has 1 fully saturated rings. The molecule has 0 saturated carbocycles. The van der Waals surface area contributed by atoms with Gasteiger partial charge in [-0.2, -0.15) is 0 Å². The van der Waals surface area contributed by atoms with Gasteiger partial charge >= 0.3 is 0 Å². The van der Waals surface area contributed by atoms with Crippen LogP contribution in [-0.2, 0) is 20.8 Å². The van der Waals surface area contributed by atoms with Crippen molar-refractivity contribution in [2.45, 2.75) is 32.2 Å². The third-order valence-corrected chi connectivity index (χ3v) is 5.05. The zero-order valence-electron chi connectivity index (χ0n) is 13.4. The van der Waals surface area contributed by atoms with Gasteiger partial charge in [-0.3, -0.25) is 9.69 Å². The van der Waals surface area contributed by atoms with Crippen molar-refractivity contribution in [2.75, 3.05) is 0 Å². The van der Waals surface area contributed by atoms with Gasteiger partial charge in [-0.1, -0.05) is 55.2 Å². The van der Waals surface area contributed by atoms with Crippen molar-refractivity contribution in [3.05, 3.63) is 40.3 Å². The van der Waals surface area contributed by atoms with Gasteiger partial charge in [0.15, 0.2) is 0 Å². The molecule has 2 rings (SSSR count). The van der Waals surface area contributed by atoms with E-state index in [1.54, 1.807) is 6.08 Å². The predicted molar refractivity (Wildman–Crippen MR) is 93.9 cm³/mol. The van der Waals surface area contributed by atoms with Crippen LogP contribution in [0.3, 0.4) is 0 Å². The number of aliphatic carboxylic acids is 2. The van der Waals surface area contributed by atoms with Gasteiger partial charge in [0.05, 0.1) is 16.9 Å². The number of benzene rings is 1. The van der Waals surface area contributed by atoms with Crippen molar-refractivity contribution < 1.29 is 24.6 Å². The zero-order chi connectivity index (χ0) is 18.6. The van der Waals surface area contributed by atoms with Gasteiger partial charge in [-0.05, 0) is 36.5 Å². The van der Waals surface area contributed by atoms with Crippen LogP contribution in [0.2, 0.25) is 0 Å². The van der Waals surface area contributed by atoms with E-state index in [1.165, 1.54) is 0 Å². The summed E-state index contributed by atoms with van der Waals surface area (Å²) in [6, 6.07) is 6.17. The van der Waals surface area contributed by atoms with Crippen LogP contribution in [0.4, 0.5) is 0 Å². The molecule has 1 aromatic rings. The van der Waals surface area contributed by atoms with Gasteiger partial charge in [0, 0.05) is 5.97 Å². The minimum Gasteiger partial charge on any atom is -0.550 e. The number of carbonyl (C=O) groups excluding carboxylic acids is 3. The molecule has 0 aliphatic carbocycles. The fourth-order valence-electron chi connectivity index (χ4n) is 2.36. The fourth-order valence-corrected chi connectivity index (χ4v) is 3.71. The molecule has 1 aromatic carbocycles. The Kier molecular flexibility index (Phi) is 6.33. The molecular formula is C17H15NO5S2-2. The molecule has 6 nitrogen and oxygen atoms in total. The van der Waals surface area contributed by atoms with Crippen LogP contribution in [-0.4, -0.2) is 33.1 Å². The molecule has 0 bridgehead atoms. The first-order chi connectivity index (χ1) is 11.8. The average Bonchev–Trinajstić information content (AvgIpc) is 2.83. The largest absolute Gasteiger partial charge is 0.550 e. The highest BCUT2D eigenvalue weighted by Crippen LogP contribution is 2.34. The summed E-state index contributed by atoms with van der Waals surface area (Å²) in [7, 11) is 0. The van der Waals surface area contributed by atoms with E-state index in [1.807, 2.05) is 31.2 Å². The summed E-state index contributed by atoms with van der Waals surface area (Å²) in [6.45, 7) is 2.03. The molecule has 8 heteroatoms. The molecule has 1 aliphatic rings. The lowest BCUT2D eigenvalue weighted by atomic mass is 10.1. The third kappa shape index (κ3) is 4.67. The van der Waals surface area contributed by atoms with Gasteiger partial charge in [0.1, 0.15) is 4.32 Å². The molecule has 1 saturated heterocycles. The molecule has 1 heterocycles. The standard InChI is InChI=1S/C17H17NO5S2/c1-2-10-3-5-11(6-4-10)9-13-15(21)18(17(24)25-13)12(16(22)23)7-8-14(19)20/h3-6,9,12H,2,7-8H2,1H3,(H,19,20)(H,22,23)/p-2/b13-9-/t12-/m0/s1. The van der Waals surface area contributed by atoms with Gasteiger partial charge in [-0.15, -0.1) is 0 Å². The first kappa shape index (κ1) is 19.1. The number of thioether (sulfide) groups is 1. The predicted octanol–water partition coefficient (Wildman–Crippen LogP) is 0.0988. The van der Waals surface area contributed by atoms with Crippen molar-refractivity contribution in [3.63, 3.8) is 0 Å². The number of thiocarbonyl (C=S) groups is 1. The molecule has 0 radical (unpaired) electrons. The maximum absolute atomic E-state index is 12.5. The molecule has 1 amide bonds. The van der Waals surface area contributed by atoms with Gasteiger partial charge in [0.2, 0.25) is 0 Å². The lowest BCUT2D eigenvalue weighted by Crippen LogP contribution is -2.50. The van der Waals surface area contributed by atoms with E-state index in [2.05, 4.69) is 0 Å². The van der Waals surface area contributed by atoms with Crippen molar-refractivity contribution in [1.82, 2.24) is 4.90 Å². The Hall–Kier alpha value is -2.19. The number of carboxylic acids is 2. The molecule has 25 heavy (non-hydrogen) atoms. The third-order valence-electron chi connectivity index (χ3n) is 3.71. The van der Waals surface area contributed by atoms with Crippen molar-refractivity contribution >= 4 is 52.2 Å². The lowest BCUT2D eigenvalue weighted by molar-refractivity contribution is -0.311. The SMILES string of the molecule is CCc1ccc(/C=C2\SC(=S)N([C@@H](CCC(=O)[O-])C(=O)[O-])C2=O)cc1. The second kappa shape index (κ2) is 8.26. The Morgan fingerprint density at radius 1 is 1.28 bits per heavy atom. The first-order valence-corrected chi connectivity index (χ1v) is 8.82. The number of amides is 1. The molecular weight excluding hydrogens is 362 g/mol. The summed E-state index contributed by atoms with van der Waals surface area (Å²) in [5.74, 6) is -3.52. The number of nitrogens with zero attached hydrogens (tertiary/aromatic N) is 1. The number of carboxylic acid groups (broad SMARTS) is 2. The molecule has 0 unspecified atom stereocenters. The summed E-state index contributed by atoms with van der Waals surface area (Å²) in [6.07, 6.45) is 1.70. The molecule has 0 N–H and O–H groups in total. The molecule has 0 aromatic heterocycles. The molecule has 132 valence electrons. The van der Waals surface area contributed by atoms with E-state index in [4.69, 9.17) is 12.2 Å². The van der Waals surface area contributed by atoms with Crippen molar-refractivity contribution in [2.24, 2.45) is 0 Å². The Labute approximate surface area is 154 Å². The maximum atomic E-state index is 12.5. The highest BCUT2D eigenvalue weighted by atomic mass is 32.2. The average molecular weight is 377 g/mol. The summed E-state index contributed by atoms with van der Waals surface area (Å²) >= 11 is 6.08. The number of hydrogen-bond acceptors (Lipinski definition) is 7. The Balaban J connectivity index is 2.23. The summed E-state index contributed by atoms with van der Waals surface area (Å²) in [5, 5.41) is 21.9. The highest BCUT2D eigenvalue weighted by Gasteiger charge is 2.37. The van der Waals surface area contributed by atoms with Crippen LogP contribution in [0.15, 0.2) is 29.2 Å². The second-order valence-corrected chi connectivity index (χ2v) is 7.07. The molecule has 1 aliphatic heterocycles. The van der Waals surface area contributed by atoms with Crippen molar-refractivity contribution in [1.29, 1.82) is 0 Å². The van der Waals surface area contributed by atoms with Gasteiger partial charge in [0.25, 0.3) is 5.91 Å². The van der Waals surface area contributed by atoms with E-state index >= 15 is 0 Å². The van der Waals surface area contributed by atoms with E-state index in [0.717, 1.165) is 34.2 Å². The van der Waals surface area contributed by atoms with Crippen LogP contribution in [0.25, 0.3) is 6.08 Å². The smallest absolute Gasteiger partial charge is 0.266 e. The Morgan fingerprint density at radius 3 is 2.44 bits per heavy atom. The van der Waals surface area contributed by atoms with E-state index in [0.29, 0.717) is 0 Å². The van der Waals surface area contributed by atoms with Crippen molar-refractivity contribution in [3.8, 4) is 0 Å². The summed E-state index contributed by atoms with van der Waals surface area (Å²) in [4.78, 5) is 35.6. The highest BCUT2D eigenvalue weighted by molar-refractivity contribution is 8.26. The van der Waals surface area contributed by atoms with E-state index in [-0.39, 0.29) is 15.6 Å². The van der Waals surface area contributed by atoms with Crippen LogP contribution in [0, 0.1) is 0 Å². The summed E-state index contributed by atoms with van der Waals surface area (Å²) < 4.78 is 0.0639. The maximum Gasteiger partial charge on any atom is 0.266 e. The molecule has 0 spiro atoms. The molecule has 1 atom stereocenters. The number of aryl methyl sites for hydroxylation is 1. The zero-order valence-corrected chi connectivity index (χ0v) is 15.0. The number of carbonyl (C=O) groups is 3. The second-order valence-electron chi connectivity index (χ2n) is 5.39. The van der Waals surface area contributed by atoms with Gasteiger partial charge < -0.3 is 19.8 Å². The topological polar surface area (TPSA) is 101 Å². The Morgan fingerprint density at radius 2 is 1.92 bits per heavy atom.